The lowest BCUT2D eigenvalue weighted by molar-refractivity contribution is -0.116. The van der Waals surface area contributed by atoms with E-state index >= 15 is 0 Å². The minimum Gasteiger partial charge on any atom is -0.494 e. The van der Waals surface area contributed by atoms with E-state index in [2.05, 4.69) is 21.2 Å². The van der Waals surface area contributed by atoms with E-state index in [0.717, 1.165) is 22.2 Å². The van der Waals surface area contributed by atoms with Crippen molar-refractivity contribution in [2.24, 2.45) is 0 Å². The Morgan fingerprint density at radius 1 is 0.900 bits per heavy atom. The molecule has 0 aromatic heterocycles. The van der Waals surface area contributed by atoms with Crippen molar-refractivity contribution in [3.63, 3.8) is 0 Å². The van der Waals surface area contributed by atoms with Crippen LogP contribution in [0.25, 0.3) is 6.08 Å². The average molecular weight is 598 g/mol. The van der Waals surface area contributed by atoms with Gasteiger partial charge in [-0.1, -0.05) is 65.3 Å². The van der Waals surface area contributed by atoms with Gasteiger partial charge in [-0.2, -0.15) is 0 Å². The second-order valence-corrected chi connectivity index (χ2v) is 9.91. The molecule has 0 aliphatic heterocycles. The number of ketones is 1. The molecule has 202 valence electrons. The molecule has 4 rings (SSSR count). The Balaban J connectivity index is 1.63. The number of halogens is 1. The standard InChI is InChI=1S/C33H29BrN2O4/c1-3-21-40-29-17-9-24(10-18-29)11-20-32(38)35-27-14-19-31(30(22-27)33(39)25-7-5-4-6-8-25)36(23(2)37)28-15-12-26(34)13-16-28/h4-20,22H,3,21H2,1-2H3,(H,35,38). The Hall–Kier alpha value is -4.49. The fourth-order valence-corrected chi connectivity index (χ4v) is 4.33. The third kappa shape index (κ3) is 7.33. The molecular weight excluding hydrogens is 568 g/mol. The van der Waals surface area contributed by atoms with Crippen molar-refractivity contribution in [3.05, 3.63) is 124 Å². The first-order valence-electron chi connectivity index (χ1n) is 12.9. The molecule has 0 aliphatic rings. The summed E-state index contributed by atoms with van der Waals surface area (Å²) >= 11 is 3.42. The van der Waals surface area contributed by atoms with Crippen LogP contribution in [0.4, 0.5) is 17.1 Å². The quantitative estimate of drug-likeness (QED) is 0.150. The van der Waals surface area contributed by atoms with Crippen molar-refractivity contribution in [3.8, 4) is 5.75 Å². The second-order valence-electron chi connectivity index (χ2n) is 9.00. The van der Waals surface area contributed by atoms with Gasteiger partial charge < -0.3 is 10.1 Å². The van der Waals surface area contributed by atoms with Gasteiger partial charge in [0.1, 0.15) is 5.75 Å². The molecule has 0 saturated heterocycles. The summed E-state index contributed by atoms with van der Waals surface area (Å²) in [5, 5.41) is 2.83. The van der Waals surface area contributed by atoms with Crippen LogP contribution in [-0.2, 0) is 9.59 Å². The lowest BCUT2D eigenvalue weighted by atomic mass is 9.99. The molecule has 4 aromatic rings. The van der Waals surface area contributed by atoms with Crippen molar-refractivity contribution < 1.29 is 19.1 Å². The van der Waals surface area contributed by atoms with E-state index in [0.29, 0.717) is 29.2 Å². The number of hydrogen-bond donors (Lipinski definition) is 1. The number of ether oxygens (including phenoxy) is 1. The number of anilines is 3. The second kappa shape index (κ2) is 13.5. The molecular formula is C33H29BrN2O4. The van der Waals surface area contributed by atoms with Crippen LogP contribution in [0.3, 0.4) is 0 Å². The van der Waals surface area contributed by atoms with Crippen LogP contribution in [0.1, 0.15) is 41.8 Å². The molecule has 0 aliphatic carbocycles. The number of hydrogen-bond acceptors (Lipinski definition) is 4. The maximum absolute atomic E-state index is 13.6. The van der Waals surface area contributed by atoms with Gasteiger partial charge in [-0.15, -0.1) is 0 Å². The number of nitrogens with one attached hydrogen (secondary N) is 1. The van der Waals surface area contributed by atoms with Crippen LogP contribution < -0.4 is 15.0 Å². The monoisotopic (exact) mass is 596 g/mol. The molecule has 1 N–H and O–H groups in total. The number of rotatable bonds is 10. The molecule has 0 saturated carbocycles. The molecule has 0 spiro atoms. The molecule has 7 heteroatoms. The van der Waals surface area contributed by atoms with Crippen molar-refractivity contribution in [1.29, 1.82) is 0 Å². The van der Waals surface area contributed by atoms with Crippen LogP contribution in [0.5, 0.6) is 5.75 Å². The van der Waals surface area contributed by atoms with E-state index in [-0.39, 0.29) is 23.2 Å². The molecule has 0 atom stereocenters. The molecule has 4 aromatic carbocycles. The van der Waals surface area contributed by atoms with Gasteiger partial charge in [0.25, 0.3) is 0 Å². The van der Waals surface area contributed by atoms with Gasteiger partial charge in [-0.05, 0) is 72.7 Å². The van der Waals surface area contributed by atoms with Crippen LogP contribution >= 0.6 is 15.9 Å². The number of benzene rings is 4. The van der Waals surface area contributed by atoms with Crippen molar-refractivity contribution in [2.45, 2.75) is 20.3 Å². The summed E-state index contributed by atoms with van der Waals surface area (Å²) < 4.78 is 6.46. The van der Waals surface area contributed by atoms with Crippen molar-refractivity contribution >= 4 is 56.7 Å². The van der Waals surface area contributed by atoms with E-state index in [1.165, 1.54) is 17.9 Å². The molecule has 0 unspecified atom stereocenters. The molecule has 40 heavy (non-hydrogen) atoms. The third-order valence-corrected chi connectivity index (χ3v) is 6.49. The molecule has 0 heterocycles. The largest absolute Gasteiger partial charge is 0.494 e. The fourth-order valence-electron chi connectivity index (χ4n) is 4.07. The zero-order valence-corrected chi connectivity index (χ0v) is 23.9. The Labute approximate surface area is 242 Å². The number of carbonyl (C=O) groups is 3. The minimum absolute atomic E-state index is 0.254. The van der Waals surface area contributed by atoms with E-state index < -0.39 is 0 Å². The van der Waals surface area contributed by atoms with Gasteiger partial charge in [0.05, 0.1) is 12.3 Å². The topological polar surface area (TPSA) is 75.7 Å². The normalized spacial score (nSPS) is 10.8. The highest BCUT2D eigenvalue weighted by Crippen LogP contribution is 2.33. The summed E-state index contributed by atoms with van der Waals surface area (Å²) in [5.41, 5.74) is 3.07. The Bertz CT molecular complexity index is 1510. The number of amides is 2. The predicted molar refractivity (Wildman–Crippen MR) is 163 cm³/mol. The summed E-state index contributed by atoms with van der Waals surface area (Å²) in [5.74, 6) is -0.0957. The molecule has 0 fully saturated rings. The zero-order chi connectivity index (χ0) is 28.5. The zero-order valence-electron chi connectivity index (χ0n) is 22.3. The van der Waals surface area contributed by atoms with Crippen LogP contribution in [0.2, 0.25) is 0 Å². The SMILES string of the molecule is CCCOc1ccc(C=CC(=O)Nc2ccc(N(C(C)=O)c3ccc(Br)cc3)c(C(=O)c3ccccc3)c2)cc1. The first-order valence-corrected chi connectivity index (χ1v) is 13.7. The highest BCUT2D eigenvalue weighted by Gasteiger charge is 2.23. The van der Waals surface area contributed by atoms with Crippen LogP contribution in [0.15, 0.2) is 108 Å². The molecule has 6 nitrogen and oxygen atoms in total. The summed E-state index contributed by atoms with van der Waals surface area (Å²) in [7, 11) is 0. The number of carbonyl (C=O) groups excluding carboxylic acids is 3. The Kier molecular flexibility index (Phi) is 9.65. The maximum atomic E-state index is 13.6. The summed E-state index contributed by atoms with van der Waals surface area (Å²) in [4.78, 5) is 40.7. The van der Waals surface area contributed by atoms with Gasteiger partial charge in [-0.3, -0.25) is 19.3 Å². The lowest BCUT2D eigenvalue weighted by Gasteiger charge is -2.24. The highest BCUT2D eigenvalue weighted by atomic mass is 79.9. The summed E-state index contributed by atoms with van der Waals surface area (Å²) in [6, 6.07) is 28.5. The molecule has 0 radical (unpaired) electrons. The highest BCUT2D eigenvalue weighted by molar-refractivity contribution is 9.10. The molecule has 2 amide bonds. The minimum atomic E-state index is -0.353. The summed E-state index contributed by atoms with van der Waals surface area (Å²) in [6.45, 7) is 4.14. The van der Waals surface area contributed by atoms with Crippen molar-refractivity contribution in [2.75, 3.05) is 16.8 Å². The number of nitrogens with zero attached hydrogens (tertiary/aromatic N) is 1. The third-order valence-electron chi connectivity index (χ3n) is 5.97. The first kappa shape index (κ1) is 28.5. The van der Waals surface area contributed by atoms with Gasteiger partial charge in [0.15, 0.2) is 5.78 Å². The lowest BCUT2D eigenvalue weighted by Crippen LogP contribution is -2.25. The van der Waals surface area contributed by atoms with E-state index in [1.807, 2.05) is 49.4 Å². The van der Waals surface area contributed by atoms with Crippen LogP contribution in [0, 0.1) is 0 Å². The van der Waals surface area contributed by atoms with E-state index in [1.54, 1.807) is 60.7 Å². The van der Waals surface area contributed by atoms with Gasteiger partial charge in [0.2, 0.25) is 11.8 Å². The molecule has 0 bridgehead atoms. The Morgan fingerprint density at radius 2 is 1.60 bits per heavy atom. The summed E-state index contributed by atoms with van der Waals surface area (Å²) in [6.07, 6.45) is 4.06. The van der Waals surface area contributed by atoms with Crippen LogP contribution in [-0.4, -0.2) is 24.2 Å². The van der Waals surface area contributed by atoms with E-state index in [9.17, 15) is 14.4 Å². The van der Waals surface area contributed by atoms with Crippen molar-refractivity contribution in [1.82, 2.24) is 0 Å². The smallest absolute Gasteiger partial charge is 0.248 e. The fraction of sp³-hybridized carbons (Fsp3) is 0.121. The van der Waals surface area contributed by atoms with E-state index in [4.69, 9.17) is 4.74 Å². The maximum Gasteiger partial charge on any atom is 0.248 e. The predicted octanol–water partition coefficient (Wildman–Crippen LogP) is 7.81. The first-order chi connectivity index (χ1) is 19.4. The Morgan fingerprint density at radius 3 is 2.25 bits per heavy atom. The van der Waals surface area contributed by atoms with Gasteiger partial charge >= 0.3 is 0 Å². The van der Waals surface area contributed by atoms with Gasteiger partial charge in [0, 0.05) is 40.0 Å². The van der Waals surface area contributed by atoms with Gasteiger partial charge in [-0.25, -0.2) is 0 Å². The average Bonchev–Trinajstić information content (AvgIpc) is 2.97.